The molecule has 1 aliphatic carbocycles. The maximum Gasteiger partial charge on any atom is 0.341 e. The average Bonchev–Trinajstić information content (AvgIpc) is 3.30. The number of aromatic nitrogens is 2. The summed E-state index contributed by atoms with van der Waals surface area (Å²) in [5.41, 5.74) is 0.790. The second-order valence-electron chi connectivity index (χ2n) is 6.97. The molecule has 11 heteroatoms. The monoisotopic (exact) mass is 442 g/mol. The van der Waals surface area contributed by atoms with Crippen LogP contribution in [0.1, 0.15) is 34.1 Å². The summed E-state index contributed by atoms with van der Waals surface area (Å²) in [5, 5.41) is 14.2. The Balaban J connectivity index is 1.61. The predicted octanol–water partition coefficient (Wildman–Crippen LogP) is 2.67. The first kappa shape index (κ1) is 20.7. The highest BCUT2D eigenvalue weighted by atomic mass is 32.1. The van der Waals surface area contributed by atoms with Gasteiger partial charge < -0.3 is 10.1 Å². The minimum absolute atomic E-state index is 0.0480. The number of esters is 1. The SMILES string of the molecule is CCOC(=O)c1c(NC(=O)Cn2cnc3ccc([N+](=O)[O-])cc3c2=O)sc2c1CCC2. The van der Waals surface area contributed by atoms with Crippen LogP contribution in [-0.2, 0) is 28.9 Å². The largest absolute Gasteiger partial charge is 0.462 e. The number of carbonyl (C=O) groups excluding carboxylic acids is 2. The van der Waals surface area contributed by atoms with E-state index in [1.54, 1.807) is 6.92 Å². The smallest absolute Gasteiger partial charge is 0.341 e. The van der Waals surface area contributed by atoms with Crippen LogP contribution in [0.3, 0.4) is 0 Å². The number of nitrogens with zero attached hydrogens (tertiary/aromatic N) is 3. The Morgan fingerprint density at radius 2 is 2.16 bits per heavy atom. The second-order valence-corrected chi connectivity index (χ2v) is 8.07. The van der Waals surface area contributed by atoms with Gasteiger partial charge in [0.05, 0.1) is 34.3 Å². The fraction of sp³-hybridized carbons (Fsp3) is 0.300. The molecule has 1 aliphatic rings. The number of hydrogen-bond donors (Lipinski definition) is 1. The maximum absolute atomic E-state index is 12.7. The Kier molecular flexibility index (Phi) is 5.51. The molecule has 1 amide bonds. The predicted molar refractivity (Wildman–Crippen MR) is 114 cm³/mol. The van der Waals surface area contributed by atoms with Crippen molar-refractivity contribution in [1.29, 1.82) is 0 Å². The number of hydrogen-bond acceptors (Lipinski definition) is 8. The Morgan fingerprint density at radius 1 is 1.35 bits per heavy atom. The molecule has 3 aromatic rings. The summed E-state index contributed by atoms with van der Waals surface area (Å²) >= 11 is 1.34. The van der Waals surface area contributed by atoms with E-state index in [-0.39, 0.29) is 24.2 Å². The minimum Gasteiger partial charge on any atom is -0.462 e. The number of nitro benzene ring substituents is 1. The quantitative estimate of drug-likeness (QED) is 0.352. The van der Waals surface area contributed by atoms with Crippen molar-refractivity contribution in [2.24, 2.45) is 0 Å². The molecule has 0 spiro atoms. The molecule has 0 atom stereocenters. The van der Waals surface area contributed by atoms with Gasteiger partial charge in [0.2, 0.25) is 5.91 Å². The van der Waals surface area contributed by atoms with Gasteiger partial charge in [-0.05, 0) is 37.8 Å². The van der Waals surface area contributed by atoms with E-state index in [2.05, 4.69) is 10.3 Å². The van der Waals surface area contributed by atoms with Crippen molar-refractivity contribution in [1.82, 2.24) is 9.55 Å². The molecule has 2 aromatic heterocycles. The molecule has 0 unspecified atom stereocenters. The number of carbonyl (C=O) groups is 2. The zero-order chi connectivity index (χ0) is 22.1. The molecule has 0 aliphatic heterocycles. The van der Waals surface area contributed by atoms with Crippen LogP contribution < -0.4 is 10.9 Å². The second kappa shape index (κ2) is 8.26. The van der Waals surface area contributed by atoms with Gasteiger partial charge >= 0.3 is 5.97 Å². The first-order valence-electron chi connectivity index (χ1n) is 9.64. The summed E-state index contributed by atoms with van der Waals surface area (Å²) in [7, 11) is 0. The number of thiophene rings is 1. The van der Waals surface area contributed by atoms with Crippen molar-refractivity contribution in [2.45, 2.75) is 32.7 Å². The number of nitro groups is 1. The van der Waals surface area contributed by atoms with E-state index >= 15 is 0 Å². The number of anilines is 1. The van der Waals surface area contributed by atoms with Crippen LogP contribution in [0.5, 0.6) is 0 Å². The molecule has 31 heavy (non-hydrogen) atoms. The Morgan fingerprint density at radius 3 is 2.90 bits per heavy atom. The van der Waals surface area contributed by atoms with Gasteiger partial charge in [-0.2, -0.15) is 0 Å². The number of nitrogens with one attached hydrogen (secondary N) is 1. The van der Waals surface area contributed by atoms with Gasteiger partial charge in [-0.3, -0.25) is 24.3 Å². The molecule has 0 saturated carbocycles. The van der Waals surface area contributed by atoms with Crippen LogP contribution in [0.25, 0.3) is 10.9 Å². The lowest BCUT2D eigenvalue weighted by Gasteiger charge is -2.09. The Labute approximate surface area is 179 Å². The van der Waals surface area contributed by atoms with Crippen molar-refractivity contribution in [2.75, 3.05) is 11.9 Å². The van der Waals surface area contributed by atoms with Crippen molar-refractivity contribution in [3.63, 3.8) is 0 Å². The highest BCUT2D eigenvalue weighted by molar-refractivity contribution is 7.17. The summed E-state index contributed by atoms with van der Waals surface area (Å²) in [6, 6.07) is 3.79. The Hall–Kier alpha value is -3.60. The summed E-state index contributed by atoms with van der Waals surface area (Å²) in [5.74, 6) is -0.992. The van der Waals surface area contributed by atoms with Crippen LogP contribution in [-0.4, -0.2) is 33.0 Å². The van der Waals surface area contributed by atoms with Crippen LogP contribution >= 0.6 is 11.3 Å². The fourth-order valence-electron chi connectivity index (χ4n) is 3.61. The first-order chi connectivity index (χ1) is 14.9. The summed E-state index contributed by atoms with van der Waals surface area (Å²) < 4.78 is 6.22. The molecule has 0 bridgehead atoms. The van der Waals surface area contributed by atoms with E-state index in [9.17, 15) is 24.5 Å². The van der Waals surface area contributed by atoms with Crippen LogP contribution in [0.2, 0.25) is 0 Å². The molecule has 1 N–H and O–H groups in total. The number of ether oxygens (including phenoxy) is 1. The molecular formula is C20H18N4O6S. The molecule has 1 aromatic carbocycles. The number of fused-ring (bicyclic) bond motifs is 2. The number of benzene rings is 1. The minimum atomic E-state index is -0.601. The summed E-state index contributed by atoms with van der Waals surface area (Å²) in [6.45, 7) is 1.59. The summed E-state index contributed by atoms with van der Waals surface area (Å²) in [6.07, 6.45) is 3.76. The molecular weight excluding hydrogens is 424 g/mol. The molecule has 0 saturated heterocycles. The van der Waals surface area contributed by atoms with Crippen molar-refractivity contribution >= 4 is 44.8 Å². The third-order valence-electron chi connectivity index (χ3n) is 4.99. The van der Waals surface area contributed by atoms with Gasteiger partial charge in [0.1, 0.15) is 11.5 Å². The lowest BCUT2D eigenvalue weighted by molar-refractivity contribution is -0.384. The normalized spacial score (nSPS) is 12.5. The molecule has 0 radical (unpaired) electrons. The third-order valence-corrected chi connectivity index (χ3v) is 6.19. The molecule has 2 heterocycles. The van der Waals surface area contributed by atoms with Gasteiger partial charge in [-0.15, -0.1) is 11.3 Å². The molecule has 160 valence electrons. The number of non-ortho nitro benzene ring substituents is 1. The number of amides is 1. The highest BCUT2D eigenvalue weighted by Gasteiger charge is 2.28. The Bertz CT molecular complexity index is 1280. The third kappa shape index (κ3) is 3.91. The fourth-order valence-corrected chi connectivity index (χ4v) is 4.90. The molecule has 0 fully saturated rings. The standard InChI is InChI=1S/C20H18N4O6S/c1-2-30-20(27)17-12-4-3-5-15(12)31-18(17)22-16(25)9-23-10-21-14-7-6-11(24(28)29)8-13(14)19(23)26/h6-8,10H,2-5,9H2,1H3,(H,22,25). The van der Waals surface area contributed by atoms with E-state index in [0.29, 0.717) is 16.1 Å². The van der Waals surface area contributed by atoms with Gasteiger partial charge in [-0.1, -0.05) is 0 Å². The van der Waals surface area contributed by atoms with Crippen molar-refractivity contribution in [3.8, 4) is 0 Å². The van der Waals surface area contributed by atoms with E-state index < -0.39 is 22.4 Å². The maximum atomic E-state index is 12.7. The van der Waals surface area contributed by atoms with Gasteiger partial charge in [0.15, 0.2) is 0 Å². The van der Waals surface area contributed by atoms with Crippen molar-refractivity contribution < 1.29 is 19.2 Å². The first-order valence-corrected chi connectivity index (χ1v) is 10.5. The number of rotatable bonds is 6. The van der Waals surface area contributed by atoms with Crippen LogP contribution in [0, 0.1) is 10.1 Å². The van der Waals surface area contributed by atoms with Crippen LogP contribution in [0.4, 0.5) is 10.7 Å². The summed E-state index contributed by atoms with van der Waals surface area (Å²) in [4.78, 5) is 53.3. The molecule has 4 rings (SSSR count). The average molecular weight is 442 g/mol. The topological polar surface area (TPSA) is 133 Å². The van der Waals surface area contributed by atoms with E-state index in [1.165, 1.54) is 29.8 Å². The van der Waals surface area contributed by atoms with Crippen molar-refractivity contribution in [3.05, 3.63) is 61.0 Å². The van der Waals surface area contributed by atoms with Gasteiger partial charge in [0.25, 0.3) is 11.2 Å². The lowest BCUT2D eigenvalue weighted by Crippen LogP contribution is -2.28. The van der Waals surface area contributed by atoms with E-state index in [0.717, 1.165) is 40.3 Å². The van der Waals surface area contributed by atoms with Gasteiger partial charge in [0, 0.05) is 17.0 Å². The molecule has 10 nitrogen and oxygen atoms in total. The zero-order valence-corrected chi connectivity index (χ0v) is 17.4. The number of aryl methyl sites for hydroxylation is 1. The van der Waals surface area contributed by atoms with E-state index in [1.807, 2.05) is 0 Å². The van der Waals surface area contributed by atoms with E-state index in [4.69, 9.17) is 4.74 Å². The lowest BCUT2D eigenvalue weighted by atomic mass is 10.1. The van der Waals surface area contributed by atoms with Gasteiger partial charge in [-0.25, -0.2) is 9.78 Å². The highest BCUT2D eigenvalue weighted by Crippen LogP contribution is 2.39. The van der Waals surface area contributed by atoms with Crippen LogP contribution in [0.15, 0.2) is 29.3 Å². The zero-order valence-electron chi connectivity index (χ0n) is 16.5.